The van der Waals surface area contributed by atoms with Gasteiger partial charge < -0.3 is 4.90 Å². The average Bonchev–Trinajstić information content (AvgIpc) is 2.63. The maximum atomic E-state index is 11.9. The number of rotatable bonds is 4. The topological polar surface area (TPSA) is 66.4 Å². The minimum atomic E-state index is -3.10. The van der Waals surface area contributed by atoms with Crippen LogP contribution in [0.4, 0.5) is 5.82 Å². The minimum Gasteiger partial charge on any atom is -0.354 e. The summed E-state index contributed by atoms with van der Waals surface area (Å²) in [6, 6.07) is 11.9. The molecule has 0 amide bonds. The minimum absolute atomic E-state index is 0.151. The van der Waals surface area contributed by atoms with E-state index in [1.807, 2.05) is 36.4 Å². The molecule has 7 heteroatoms. The Kier molecular flexibility index (Phi) is 4.58. The van der Waals surface area contributed by atoms with E-state index in [0.29, 0.717) is 26.2 Å². The molecule has 1 aromatic heterocycles. The largest absolute Gasteiger partial charge is 0.354 e. The quantitative estimate of drug-likeness (QED) is 0.851. The molecular formula is C16H20N4O2S. The lowest BCUT2D eigenvalue weighted by atomic mass is 10.1. The summed E-state index contributed by atoms with van der Waals surface area (Å²) in [6.07, 6.45) is 1.56. The van der Waals surface area contributed by atoms with Gasteiger partial charge in [0.05, 0.1) is 11.4 Å². The van der Waals surface area contributed by atoms with Gasteiger partial charge in [-0.1, -0.05) is 30.3 Å². The predicted molar refractivity (Wildman–Crippen MR) is 90.7 cm³/mol. The van der Waals surface area contributed by atoms with Crippen molar-refractivity contribution in [2.24, 2.45) is 0 Å². The highest BCUT2D eigenvalue weighted by Crippen LogP contribution is 2.21. The molecule has 1 fully saturated rings. The summed E-state index contributed by atoms with van der Waals surface area (Å²) in [5.74, 6) is 0.992. The lowest BCUT2D eigenvalue weighted by Gasteiger charge is -2.34. The van der Waals surface area contributed by atoms with Crippen molar-refractivity contribution in [3.8, 4) is 11.3 Å². The molecule has 1 saturated heterocycles. The van der Waals surface area contributed by atoms with E-state index in [9.17, 15) is 8.42 Å². The van der Waals surface area contributed by atoms with E-state index < -0.39 is 10.0 Å². The Morgan fingerprint density at radius 2 is 1.74 bits per heavy atom. The lowest BCUT2D eigenvalue weighted by molar-refractivity contribution is 0.384. The third-order valence-electron chi connectivity index (χ3n) is 4.04. The highest BCUT2D eigenvalue weighted by atomic mass is 32.2. The SMILES string of the molecule is CCS(=O)(=O)N1CCN(c2cc(-c3ccccc3)ncn2)CC1. The fraction of sp³-hybridized carbons (Fsp3) is 0.375. The highest BCUT2D eigenvalue weighted by molar-refractivity contribution is 7.89. The molecule has 1 aromatic carbocycles. The van der Waals surface area contributed by atoms with Gasteiger partial charge in [0.15, 0.2) is 0 Å². The molecule has 6 nitrogen and oxygen atoms in total. The van der Waals surface area contributed by atoms with E-state index in [4.69, 9.17) is 0 Å². The van der Waals surface area contributed by atoms with Crippen LogP contribution in [0.2, 0.25) is 0 Å². The van der Waals surface area contributed by atoms with Crippen LogP contribution in [0.5, 0.6) is 0 Å². The number of nitrogens with zero attached hydrogens (tertiary/aromatic N) is 4. The van der Waals surface area contributed by atoms with Crippen molar-refractivity contribution in [1.29, 1.82) is 0 Å². The van der Waals surface area contributed by atoms with Crippen molar-refractivity contribution in [3.05, 3.63) is 42.7 Å². The fourth-order valence-electron chi connectivity index (χ4n) is 2.66. The van der Waals surface area contributed by atoms with Gasteiger partial charge in [0.1, 0.15) is 12.1 Å². The summed E-state index contributed by atoms with van der Waals surface area (Å²) < 4.78 is 25.4. The summed E-state index contributed by atoms with van der Waals surface area (Å²) in [7, 11) is -3.10. The number of anilines is 1. The van der Waals surface area contributed by atoms with Gasteiger partial charge in [-0.3, -0.25) is 0 Å². The Bertz CT molecular complexity index is 757. The second-order valence-corrected chi connectivity index (χ2v) is 7.67. The second-order valence-electron chi connectivity index (χ2n) is 5.41. The Morgan fingerprint density at radius 3 is 2.39 bits per heavy atom. The monoisotopic (exact) mass is 332 g/mol. The Hall–Kier alpha value is -1.99. The summed E-state index contributed by atoms with van der Waals surface area (Å²) in [4.78, 5) is 10.8. The van der Waals surface area contributed by atoms with Gasteiger partial charge in [-0.2, -0.15) is 4.31 Å². The van der Waals surface area contributed by atoms with Gasteiger partial charge in [0.25, 0.3) is 0 Å². The van der Waals surface area contributed by atoms with Crippen molar-refractivity contribution in [3.63, 3.8) is 0 Å². The predicted octanol–water partition coefficient (Wildman–Crippen LogP) is 1.62. The Morgan fingerprint density at radius 1 is 1.04 bits per heavy atom. The molecule has 0 aliphatic carbocycles. The average molecular weight is 332 g/mol. The molecule has 0 N–H and O–H groups in total. The molecule has 0 bridgehead atoms. The number of aromatic nitrogens is 2. The smallest absolute Gasteiger partial charge is 0.213 e. The van der Waals surface area contributed by atoms with Crippen LogP contribution in [-0.2, 0) is 10.0 Å². The first-order chi connectivity index (χ1) is 11.1. The molecule has 0 atom stereocenters. The number of hydrogen-bond acceptors (Lipinski definition) is 5. The van der Waals surface area contributed by atoms with Crippen molar-refractivity contribution < 1.29 is 8.42 Å². The zero-order valence-electron chi connectivity index (χ0n) is 13.1. The number of benzene rings is 1. The fourth-order valence-corrected chi connectivity index (χ4v) is 3.75. The first-order valence-electron chi connectivity index (χ1n) is 7.70. The van der Waals surface area contributed by atoms with E-state index >= 15 is 0 Å². The zero-order chi connectivity index (χ0) is 16.3. The van der Waals surface area contributed by atoms with Crippen molar-refractivity contribution in [2.45, 2.75) is 6.92 Å². The van der Waals surface area contributed by atoms with Gasteiger partial charge in [0.2, 0.25) is 10.0 Å². The van der Waals surface area contributed by atoms with Gasteiger partial charge in [0, 0.05) is 37.8 Å². The summed E-state index contributed by atoms with van der Waals surface area (Å²) >= 11 is 0. The molecule has 2 aromatic rings. The molecule has 122 valence electrons. The molecule has 0 saturated carbocycles. The van der Waals surface area contributed by atoms with Crippen LogP contribution in [0.3, 0.4) is 0 Å². The second kappa shape index (κ2) is 6.64. The van der Waals surface area contributed by atoms with Crippen molar-refractivity contribution in [1.82, 2.24) is 14.3 Å². The van der Waals surface area contributed by atoms with Crippen LogP contribution < -0.4 is 4.90 Å². The summed E-state index contributed by atoms with van der Waals surface area (Å²) in [6.45, 7) is 3.97. The van der Waals surface area contributed by atoms with Crippen LogP contribution >= 0.6 is 0 Å². The maximum absolute atomic E-state index is 11.9. The number of hydrogen-bond donors (Lipinski definition) is 0. The first-order valence-corrected chi connectivity index (χ1v) is 9.31. The van der Waals surface area contributed by atoms with E-state index in [0.717, 1.165) is 17.1 Å². The molecule has 1 aliphatic rings. The van der Waals surface area contributed by atoms with E-state index in [-0.39, 0.29) is 5.75 Å². The van der Waals surface area contributed by atoms with Crippen LogP contribution in [0.15, 0.2) is 42.7 Å². The molecule has 23 heavy (non-hydrogen) atoms. The van der Waals surface area contributed by atoms with Crippen LogP contribution in [-0.4, -0.2) is 54.6 Å². The number of piperazine rings is 1. The lowest BCUT2D eigenvalue weighted by Crippen LogP contribution is -2.49. The zero-order valence-corrected chi connectivity index (χ0v) is 13.9. The van der Waals surface area contributed by atoms with E-state index in [2.05, 4.69) is 14.9 Å². The molecule has 3 rings (SSSR count). The van der Waals surface area contributed by atoms with Crippen LogP contribution in [0, 0.1) is 0 Å². The van der Waals surface area contributed by atoms with E-state index in [1.165, 1.54) is 0 Å². The normalized spacial score (nSPS) is 16.5. The Balaban J connectivity index is 1.75. The van der Waals surface area contributed by atoms with Crippen LogP contribution in [0.25, 0.3) is 11.3 Å². The van der Waals surface area contributed by atoms with E-state index in [1.54, 1.807) is 17.6 Å². The summed E-state index contributed by atoms with van der Waals surface area (Å²) in [5.41, 5.74) is 1.92. The maximum Gasteiger partial charge on any atom is 0.213 e. The molecule has 2 heterocycles. The van der Waals surface area contributed by atoms with Crippen LogP contribution in [0.1, 0.15) is 6.92 Å². The first kappa shape index (κ1) is 15.9. The highest BCUT2D eigenvalue weighted by Gasteiger charge is 2.26. The van der Waals surface area contributed by atoms with Gasteiger partial charge in [-0.25, -0.2) is 18.4 Å². The third kappa shape index (κ3) is 3.51. The molecular weight excluding hydrogens is 312 g/mol. The third-order valence-corrected chi connectivity index (χ3v) is 5.92. The summed E-state index contributed by atoms with van der Waals surface area (Å²) in [5, 5.41) is 0. The van der Waals surface area contributed by atoms with Gasteiger partial charge >= 0.3 is 0 Å². The number of sulfonamides is 1. The molecule has 0 radical (unpaired) electrons. The van der Waals surface area contributed by atoms with Gasteiger partial charge in [-0.05, 0) is 6.92 Å². The standard InChI is InChI=1S/C16H20N4O2S/c1-2-23(21,22)20-10-8-19(9-11-20)16-12-15(17-13-18-16)14-6-4-3-5-7-14/h3-7,12-13H,2,8-11H2,1H3. The Labute approximate surface area is 136 Å². The molecule has 0 spiro atoms. The van der Waals surface area contributed by atoms with Crippen molar-refractivity contribution >= 4 is 15.8 Å². The van der Waals surface area contributed by atoms with Gasteiger partial charge in [-0.15, -0.1) is 0 Å². The molecule has 0 unspecified atom stereocenters. The molecule has 1 aliphatic heterocycles. The van der Waals surface area contributed by atoms with Crippen molar-refractivity contribution in [2.75, 3.05) is 36.8 Å².